The average molecular weight is 330 g/mol. The van der Waals surface area contributed by atoms with Gasteiger partial charge in [0.05, 0.1) is 5.25 Å². The van der Waals surface area contributed by atoms with E-state index in [1.165, 1.54) is 29.2 Å². The van der Waals surface area contributed by atoms with Gasteiger partial charge >= 0.3 is 0 Å². The number of anilines is 2. The second-order valence-electron chi connectivity index (χ2n) is 4.00. The van der Waals surface area contributed by atoms with E-state index >= 15 is 0 Å². The molecule has 9 heteroatoms. The van der Waals surface area contributed by atoms with Gasteiger partial charge in [-0.15, -0.1) is 10.2 Å². The number of aromatic nitrogens is 2. The van der Waals surface area contributed by atoms with Gasteiger partial charge in [0, 0.05) is 18.8 Å². The highest BCUT2D eigenvalue weighted by Gasteiger charge is 2.17. The van der Waals surface area contributed by atoms with E-state index < -0.39 is 16.9 Å². The maximum absolute atomic E-state index is 13.1. The van der Waals surface area contributed by atoms with Crippen LogP contribution in [0, 0.1) is 11.6 Å². The first-order valence-corrected chi connectivity index (χ1v) is 7.63. The number of carbonyl (C=O) groups is 1. The normalized spacial score (nSPS) is 12.0. The molecule has 0 fully saturated rings. The lowest BCUT2D eigenvalue weighted by Gasteiger charge is -2.10. The Morgan fingerprint density at radius 1 is 1.33 bits per heavy atom. The van der Waals surface area contributed by atoms with E-state index in [2.05, 4.69) is 20.8 Å². The van der Waals surface area contributed by atoms with Gasteiger partial charge in [0.1, 0.15) is 0 Å². The Morgan fingerprint density at radius 3 is 2.71 bits per heavy atom. The summed E-state index contributed by atoms with van der Waals surface area (Å²) in [5.74, 6) is -2.29. The van der Waals surface area contributed by atoms with Crippen LogP contribution in [-0.2, 0) is 4.79 Å². The molecule has 2 N–H and O–H groups in total. The molecule has 0 spiro atoms. The number of thioether (sulfide) groups is 1. The highest BCUT2D eigenvalue weighted by atomic mass is 32.2. The number of hydrogen-bond acceptors (Lipinski definition) is 6. The van der Waals surface area contributed by atoms with Gasteiger partial charge in [-0.3, -0.25) is 4.79 Å². The summed E-state index contributed by atoms with van der Waals surface area (Å²) >= 11 is 2.57. The van der Waals surface area contributed by atoms with Crippen molar-refractivity contribution < 1.29 is 13.6 Å². The van der Waals surface area contributed by atoms with Gasteiger partial charge in [-0.25, -0.2) is 8.78 Å². The summed E-state index contributed by atoms with van der Waals surface area (Å²) in [7, 11) is 1.73. The largest absolute Gasteiger partial charge is 0.363 e. The predicted octanol–water partition coefficient (Wildman–Crippen LogP) is 2.98. The second-order valence-corrected chi connectivity index (χ2v) is 6.57. The molecular formula is C12H12F2N4OS2. The van der Waals surface area contributed by atoms with Gasteiger partial charge in [0.25, 0.3) is 0 Å². The van der Waals surface area contributed by atoms with Gasteiger partial charge in [-0.05, 0) is 19.1 Å². The first-order chi connectivity index (χ1) is 9.99. The van der Waals surface area contributed by atoms with E-state index in [1.54, 1.807) is 14.0 Å². The van der Waals surface area contributed by atoms with Crippen LogP contribution in [0.4, 0.5) is 19.6 Å². The minimum Gasteiger partial charge on any atom is -0.363 e. The standard InChI is InChI=1S/C12H12F2N4OS2/c1-6(20-12-18-17-11(15-2)21-12)10(19)16-7-3-4-8(13)9(14)5-7/h3-6H,1-2H3,(H,15,17)(H,16,19)/t6-/m0/s1. The van der Waals surface area contributed by atoms with E-state index in [4.69, 9.17) is 0 Å². The van der Waals surface area contributed by atoms with E-state index in [0.29, 0.717) is 9.47 Å². The van der Waals surface area contributed by atoms with Crippen molar-refractivity contribution in [3.63, 3.8) is 0 Å². The SMILES string of the molecule is CNc1nnc(S[C@@H](C)C(=O)Nc2ccc(F)c(F)c2)s1. The lowest BCUT2D eigenvalue weighted by molar-refractivity contribution is -0.115. The van der Waals surface area contributed by atoms with Crippen molar-refractivity contribution in [2.45, 2.75) is 16.5 Å². The topological polar surface area (TPSA) is 66.9 Å². The van der Waals surface area contributed by atoms with Crippen LogP contribution in [0.25, 0.3) is 0 Å². The molecule has 1 amide bonds. The van der Waals surface area contributed by atoms with E-state index in [-0.39, 0.29) is 11.6 Å². The Balaban J connectivity index is 1.97. The van der Waals surface area contributed by atoms with Gasteiger partial charge in [-0.1, -0.05) is 23.1 Å². The maximum atomic E-state index is 13.1. The highest BCUT2D eigenvalue weighted by Crippen LogP contribution is 2.29. The van der Waals surface area contributed by atoms with Gasteiger partial charge in [0.2, 0.25) is 11.0 Å². The molecule has 0 aliphatic heterocycles. The Hall–Kier alpha value is -1.74. The van der Waals surface area contributed by atoms with Crippen LogP contribution >= 0.6 is 23.1 Å². The van der Waals surface area contributed by atoms with Crippen molar-refractivity contribution in [2.24, 2.45) is 0 Å². The highest BCUT2D eigenvalue weighted by molar-refractivity contribution is 8.02. The van der Waals surface area contributed by atoms with Gasteiger partial charge in [0.15, 0.2) is 16.0 Å². The Kier molecular flexibility index (Phi) is 5.07. The fourth-order valence-electron chi connectivity index (χ4n) is 1.38. The zero-order valence-electron chi connectivity index (χ0n) is 11.2. The third-order valence-electron chi connectivity index (χ3n) is 2.45. The third-order valence-corrected chi connectivity index (χ3v) is 4.58. The van der Waals surface area contributed by atoms with Crippen LogP contribution in [-0.4, -0.2) is 28.4 Å². The van der Waals surface area contributed by atoms with Crippen molar-refractivity contribution in [1.29, 1.82) is 0 Å². The van der Waals surface area contributed by atoms with Crippen LogP contribution in [0.2, 0.25) is 0 Å². The Labute approximate surface area is 128 Å². The minimum atomic E-state index is -1.00. The molecule has 0 radical (unpaired) electrons. The summed E-state index contributed by atoms with van der Waals surface area (Å²) in [5, 5.41) is 13.4. The zero-order valence-corrected chi connectivity index (χ0v) is 12.8. The molecule has 0 saturated heterocycles. The number of rotatable bonds is 5. The summed E-state index contributed by atoms with van der Waals surface area (Å²) in [4.78, 5) is 12.0. The summed E-state index contributed by atoms with van der Waals surface area (Å²) < 4.78 is 26.5. The molecule has 2 aromatic rings. The second kappa shape index (κ2) is 6.81. The fourth-order valence-corrected chi connectivity index (χ4v) is 3.23. The van der Waals surface area contributed by atoms with Crippen LogP contribution in [0.1, 0.15) is 6.92 Å². The first-order valence-electron chi connectivity index (χ1n) is 5.93. The number of benzene rings is 1. The number of amides is 1. The van der Waals surface area contributed by atoms with Crippen LogP contribution in [0.3, 0.4) is 0 Å². The molecule has 1 aromatic heterocycles. The lowest BCUT2D eigenvalue weighted by Crippen LogP contribution is -2.22. The molecule has 0 aliphatic carbocycles. The molecule has 0 aliphatic rings. The van der Waals surface area contributed by atoms with Crippen molar-refractivity contribution in [2.75, 3.05) is 17.7 Å². The lowest BCUT2D eigenvalue weighted by atomic mass is 10.3. The molecule has 1 aromatic carbocycles. The first kappa shape index (κ1) is 15.6. The summed E-state index contributed by atoms with van der Waals surface area (Å²) in [5.41, 5.74) is 0.208. The molecule has 112 valence electrons. The molecule has 2 rings (SSSR count). The van der Waals surface area contributed by atoms with Crippen molar-refractivity contribution >= 4 is 39.8 Å². The summed E-state index contributed by atoms with van der Waals surface area (Å²) in [6, 6.07) is 3.21. The predicted molar refractivity (Wildman–Crippen MR) is 79.8 cm³/mol. The smallest absolute Gasteiger partial charge is 0.237 e. The number of carbonyl (C=O) groups excluding carboxylic acids is 1. The van der Waals surface area contributed by atoms with Crippen LogP contribution < -0.4 is 10.6 Å². The average Bonchev–Trinajstić information content (AvgIpc) is 2.90. The Morgan fingerprint density at radius 2 is 2.10 bits per heavy atom. The van der Waals surface area contributed by atoms with Crippen molar-refractivity contribution in [3.8, 4) is 0 Å². The number of nitrogens with one attached hydrogen (secondary N) is 2. The van der Waals surface area contributed by atoms with Crippen LogP contribution in [0.5, 0.6) is 0 Å². The molecule has 0 unspecified atom stereocenters. The van der Waals surface area contributed by atoms with Crippen molar-refractivity contribution in [1.82, 2.24) is 10.2 Å². The fraction of sp³-hybridized carbons (Fsp3) is 0.250. The maximum Gasteiger partial charge on any atom is 0.237 e. The van der Waals surface area contributed by atoms with E-state index in [0.717, 1.165) is 12.1 Å². The summed E-state index contributed by atoms with van der Waals surface area (Å²) in [6.45, 7) is 1.69. The van der Waals surface area contributed by atoms with E-state index in [1.807, 2.05) is 0 Å². The van der Waals surface area contributed by atoms with Gasteiger partial charge < -0.3 is 10.6 Å². The summed E-state index contributed by atoms with van der Waals surface area (Å²) in [6.07, 6.45) is 0. The third kappa shape index (κ3) is 4.11. The van der Waals surface area contributed by atoms with Crippen LogP contribution in [0.15, 0.2) is 22.5 Å². The zero-order chi connectivity index (χ0) is 15.4. The molecule has 1 atom stereocenters. The molecular weight excluding hydrogens is 318 g/mol. The monoisotopic (exact) mass is 330 g/mol. The number of nitrogens with zero attached hydrogens (tertiary/aromatic N) is 2. The molecule has 0 bridgehead atoms. The van der Waals surface area contributed by atoms with Gasteiger partial charge in [-0.2, -0.15) is 0 Å². The number of hydrogen-bond donors (Lipinski definition) is 2. The van der Waals surface area contributed by atoms with Crippen molar-refractivity contribution in [3.05, 3.63) is 29.8 Å². The minimum absolute atomic E-state index is 0.208. The quantitative estimate of drug-likeness (QED) is 0.825. The molecule has 21 heavy (non-hydrogen) atoms. The molecule has 5 nitrogen and oxygen atoms in total. The Bertz CT molecular complexity index is 650. The molecule has 1 heterocycles. The number of halogens is 2. The molecule has 0 saturated carbocycles. The van der Waals surface area contributed by atoms with E-state index in [9.17, 15) is 13.6 Å².